The van der Waals surface area contributed by atoms with Crippen LogP contribution in [0.15, 0.2) is 53.4 Å². The minimum Gasteiger partial charge on any atom is -0.454 e. The molecule has 2 atom stereocenters. The third-order valence-electron chi connectivity index (χ3n) is 4.38. The zero-order chi connectivity index (χ0) is 19.4. The summed E-state index contributed by atoms with van der Waals surface area (Å²) >= 11 is 1.33. The Kier molecular flexibility index (Phi) is 5.96. The second-order valence-electron chi connectivity index (χ2n) is 6.34. The molecule has 0 fully saturated rings. The summed E-state index contributed by atoms with van der Waals surface area (Å²) in [6.07, 6.45) is -0.0885. The van der Waals surface area contributed by atoms with Crippen LogP contribution in [0.3, 0.4) is 0 Å². The van der Waals surface area contributed by atoms with Crippen molar-refractivity contribution in [2.75, 3.05) is 5.32 Å². The molecule has 1 amide bonds. The molecular weight excluding hydrogens is 362 g/mol. The maximum Gasteiger partial charge on any atom is 0.308 e. The first-order valence-corrected chi connectivity index (χ1v) is 9.75. The fourth-order valence-electron chi connectivity index (χ4n) is 2.82. The van der Waals surface area contributed by atoms with Crippen LogP contribution in [-0.4, -0.2) is 29.0 Å². The molecule has 0 spiro atoms. The summed E-state index contributed by atoms with van der Waals surface area (Å²) in [4.78, 5) is 37.8. The number of benzene rings is 2. The average molecular weight is 383 g/mol. The van der Waals surface area contributed by atoms with E-state index in [1.807, 2.05) is 43.3 Å². The Hall–Kier alpha value is -2.60. The Morgan fingerprint density at radius 3 is 2.56 bits per heavy atom. The normalized spacial score (nSPS) is 16.8. The second-order valence-corrected chi connectivity index (χ2v) is 7.59. The number of aryl methyl sites for hydroxylation is 1. The minimum atomic E-state index is -0.895. The third kappa shape index (κ3) is 4.57. The first-order valence-electron chi connectivity index (χ1n) is 8.87. The van der Waals surface area contributed by atoms with E-state index in [2.05, 4.69) is 5.32 Å². The van der Waals surface area contributed by atoms with Crippen molar-refractivity contribution in [3.63, 3.8) is 0 Å². The lowest BCUT2D eigenvalue weighted by Crippen LogP contribution is -2.33. The van der Waals surface area contributed by atoms with Gasteiger partial charge in [0.1, 0.15) is 0 Å². The van der Waals surface area contributed by atoms with Crippen LogP contribution in [0, 0.1) is 0 Å². The van der Waals surface area contributed by atoms with E-state index in [-0.39, 0.29) is 18.1 Å². The Morgan fingerprint density at radius 2 is 1.85 bits per heavy atom. The van der Waals surface area contributed by atoms with E-state index in [9.17, 15) is 14.4 Å². The highest BCUT2D eigenvalue weighted by molar-refractivity contribution is 8.01. The summed E-state index contributed by atoms with van der Waals surface area (Å²) in [6.45, 7) is 3.59. The van der Waals surface area contributed by atoms with Gasteiger partial charge in [0.25, 0.3) is 0 Å². The summed E-state index contributed by atoms with van der Waals surface area (Å²) in [5.41, 5.74) is 2.39. The Labute approximate surface area is 162 Å². The van der Waals surface area contributed by atoms with Crippen molar-refractivity contribution >= 4 is 35.1 Å². The van der Waals surface area contributed by atoms with Gasteiger partial charge in [0.2, 0.25) is 11.7 Å². The lowest BCUT2D eigenvalue weighted by molar-refractivity contribution is -0.147. The van der Waals surface area contributed by atoms with E-state index in [0.717, 1.165) is 22.6 Å². The van der Waals surface area contributed by atoms with Crippen molar-refractivity contribution in [2.45, 2.75) is 42.9 Å². The minimum absolute atomic E-state index is 0.0861. The highest BCUT2D eigenvalue weighted by atomic mass is 32.2. The molecule has 3 rings (SSSR count). The quantitative estimate of drug-likeness (QED) is 0.606. The molecule has 1 aliphatic rings. The van der Waals surface area contributed by atoms with Crippen LogP contribution in [0.5, 0.6) is 0 Å². The maximum absolute atomic E-state index is 12.4. The standard InChI is InChI=1S/C21H21NO4S/c1-3-14-8-10-15(11-9-14)20(24)13(2)26-19(23)12-18-21(25)22-16-6-4-5-7-17(16)27-18/h4-11,13,18H,3,12H2,1-2H3,(H,22,25)/t13-,18+/m1/s1. The van der Waals surface area contributed by atoms with Gasteiger partial charge in [-0.25, -0.2) is 0 Å². The fourth-order valence-corrected chi connectivity index (χ4v) is 3.91. The number of thioether (sulfide) groups is 1. The monoisotopic (exact) mass is 383 g/mol. The summed E-state index contributed by atoms with van der Waals surface area (Å²) in [7, 11) is 0. The number of fused-ring (bicyclic) bond motifs is 1. The molecular formula is C21H21NO4S. The summed E-state index contributed by atoms with van der Waals surface area (Å²) in [5.74, 6) is -1.05. The van der Waals surface area contributed by atoms with Gasteiger partial charge in [0.15, 0.2) is 6.10 Å². The number of carbonyl (C=O) groups excluding carboxylic acids is 3. The van der Waals surface area contributed by atoms with Crippen LogP contribution < -0.4 is 5.32 Å². The van der Waals surface area contributed by atoms with Crippen molar-refractivity contribution < 1.29 is 19.1 Å². The van der Waals surface area contributed by atoms with Crippen molar-refractivity contribution in [3.05, 3.63) is 59.7 Å². The second kappa shape index (κ2) is 8.39. The summed E-state index contributed by atoms with van der Waals surface area (Å²) in [6, 6.07) is 14.7. The number of amides is 1. The molecule has 0 aromatic heterocycles. The molecule has 2 aromatic rings. The lowest BCUT2D eigenvalue weighted by atomic mass is 10.0. The molecule has 6 heteroatoms. The van der Waals surface area contributed by atoms with Crippen LogP contribution in [0.1, 0.15) is 36.2 Å². The number of para-hydroxylation sites is 1. The van der Waals surface area contributed by atoms with E-state index in [0.29, 0.717) is 5.56 Å². The van der Waals surface area contributed by atoms with Gasteiger partial charge in [-0.15, -0.1) is 11.8 Å². The van der Waals surface area contributed by atoms with E-state index in [1.54, 1.807) is 19.1 Å². The zero-order valence-electron chi connectivity index (χ0n) is 15.2. The van der Waals surface area contributed by atoms with Crippen LogP contribution in [-0.2, 0) is 20.7 Å². The fraction of sp³-hybridized carbons (Fsp3) is 0.286. The van der Waals surface area contributed by atoms with Gasteiger partial charge in [0.05, 0.1) is 17.4 Å². The summed E-state index contributed by atoms with van der Waals surface area (Å²) in [5, 5.41) is 2.22. The number of anilines is 1. The maximum atomic E-state index is 12.4. The SMILES string of the molecule is CCc1ccc(C(=O)[C@@H](C)OC(=O)C[C@@H]2Sc3ccccc3NC2=O)cc1. The van der Waals surface area contributed by atoms with E-state index in [1.165, 1.54) is 11.8 Å². The predicted molar refractivity (Wildman–Crippen MR) is 105 cm³/mol. The number of hydrogen-bond donors (Lipinski definition) is 1. The predicted octanol–water partition coefficient (Wildman–Crippen LogP) is 3.87. The molecule has 0 bridgehead atoms. The number of nitrogens with one attached hydrogen (secondary N) is 1. The van der Waals surface area contributed by atoms with Gasteiger partial charge in [0, 0.05) is 10.5 Å². The topological polar surface area (TPSA) is 72.5 Å². The Morgan fingerprint density at radius 1 is 1.15 bits per heavy atom. The highest BCUT2D eigenvalue weighted by Crippen LogP contribution is 2.36. The summed E-state index contributed by atoms with van der Waals surface area (Å²) < 4.78 is 5.28. The molecule has 5 nitrogen and oxygen atoms in total. The van der Waals surface area contributed by atoms with Gasteiger partial charge >= 0.3 is 5.97 Å². The van der Waals surface area contributed by atoms with E-state index >= 15 is 0 Å². The first kappa shape index (κ1) is 19.2. The average Bonchev–Trinajstić information content (AvgIpc) is 2.68. The highest BCUT2D eigenvalue weighted by Gasteiger charge is 2.30. The van der Waals surface area contributed by atoms with Crippen LogP contribution in [0.2, 0.25) is 0 Å². The Bertz CT molecular complexity index is 863. The molecule has 1 N–H and O–H groups in total. The van der Waals surface area contributed by atoms with Gasteiger partial charge < -0.3 is 10.1 Å². The Balaban J connectivity index is 1.58. The van der Waals surface area contributed by atoms with Crippen molar-refractivity contribution in [3.8, 4) is 0 Å². The van der Waals surface area contributed by atoms with Crippen molar-refractivity contribution in [2.24, 2.45) is 0 Å². The van der Waals surface area contributed by atoms with Gasteiger partial charge in [-0.1, -0.05) is 43.3 Å². The van der Waals surface area contributed by atoms with Crippen molar-refractivity contribution in [1.82, 2.24) is 0 Å². The van der Waals surface area contributed by atoms with E-state index < -0.39 is 17.3 Å². The number of ketones is 1. The lowest BCUT2D eigenvalue weighted by Gasteiger charge is -2.23. The van der Waals surface area contributed by atoms with E-state index in [4.69, 9.17) is 4.74 Å². The molecule has 0 saturated carbocycles. The smallest absolute Gasteiger partial charge is 0.308 e. The van der Waals surface area contributed by atoms with Gasteiger partial charge in [-0.2, -0.15) is 0 Å². The number of hydrogen-bond acceptors (Lipinski definition) is 5. The van der Waals surface area contributed by atoms with Gasteiger partial charge in [-0.05, 0) is 31.0 Å². The van der Waals surface area contributed by atoms with Gasteiger partial charge in [-0.3, -0.25) is 14.4 Å². The largest absolute Gasteiger partial charge is 0.454 e. The number of esters is 1. The first-order chi connectivity index (χ1) is 13.0. The van der Waals surface area contributed by atoms with Crippen molar-refractivity contribution in [1.29, 1.82) is 0 Å². The molecule has 2 aromatic carbocycles. The molecule has 0 radical (unpaired) electrons. The van der Waals surface area contributed by atoms with Crippen LogP contribution in [0.25, 0.3) is 0 Å². The molecule has 1 aliphatic heterocycles. The number of Topliss-reactive ketones (excluding diaryl/α,β-unsaturated/α-hetero) is 1. The zero-order valence-corrected chi connectivity index (χ0v) is 16.0. The van der Waals surface area contributed by atoms with Crippen LogP contribution >= 0.6 is 11.8 Å². The van der Waals surface area contributed by atoms with Crippen LogP contribution in [0.4, 0.5) is 5.69 Å². The number of rotatable bonds is 6. The molecule has 0 unspecified atom stereocenters. The molecule has 140 valence electrons. The molecule has 27 heavy (non-hydrogen) atoms. The molecule has 0 saturated heterocycles. The molecule has 1 heterocycles. The number of carbonyl (C=O) groups is 3. The number of ether oxygens (including phenoxy) is 1. The third-order valence-corrected chi connectivity index (χ3v) is 5.66. The molecule has 0 aliphatic carbocycles.